The molecule has 3 aromatic rings. The third-order valence-electron chi connectivity index (χ3n) is 4.99. The zero-order valence-electron chi connectivity index (χ0n) is 15.8. The van der Waals surface area contributed by atoms with Crippen molar-refractivity contribution in [2.24, 2.45) is 0 Å². The molecule has 0 unspecified atom stereocenters. The second-order valence-corrected chi connectivity index (χ2v) is 6.86. The first kappa shape index (κ1) is 18.2. The molecule has 2 aromatic heterocycles. The number of benzene rings is 1. The summed E-state index contributed by atoms with van der Waals surface area (Å²) in [6, 6.07) is 9.68. The van der Waals surface area contributed by atoms with Gasteiger partial charge in [-0.1, -0.05) is 30.1 Å². The van der Waals surface area contributed by atoms with E-state index in [1.165, 1.54) is 12.8 Å². The van der Waals surface area contributed by atoms with E-state index < -0.39 is 0 Å². The average Bonchev–Trinajstić information content (AvgIpc) is 3.47. The number of aryl methyl sites for hydroxylation is 1. The summed E-state index contributed by atoms with van der Waals surface area (Å²) in [5.74, 6) is 2.19. The standard InChI is InChI=1S/C20H23N5O3/c1-27-16-9-5-4-8-15(16)20-23-19(28-24-20)11-10-18(26)22-17-12-13-21-25(17)14-6-2-3-7-14/h4-5,8-9,12-14H,2-3,6-7,10-11H2,1H3,(H,22,26). The Hall–Kier alpha value is -3.16. The van der Waals surface area contributed by atoms with Crippen LogP contribution in [0.2, 0.25) is 0 Å². The number of rotatable bonds is 7. The Bertz CT molecular complexity index is 943. The van der Waals surface area contributed by atoms with Gasteiger partial charge in [-0.2, -0.15) is 10.1 Å². The van der Waals surface area contributed by atoms with Gasteiger partial charge < -0.3 is 14.6 Å². The van der Waals surface area contributed by atoms with Crippen molar-refractivity contribution in [3.8, 4) is 17.1 Å². The molecule has 1 aliphatic carbocycles. The van der Waals surface area contributed by atoms with Crippen molar-refractivity contribution in [2.75, 3.05) is 12.4 Å². The topological polar surface area (TPSA) is 95.1 Å². The number of aromatic nitrogens is 4. The molecule has 8 nitrogen and oxygen atoms in total. The fraction of sp³-hybridized carbons (Fsp3) is 0.400. The molecular weight excluding hydrogens is 358 g/mol. The van der Waals surface area contributed by atoms with Crippen LogP contribution >= 0.6 is 0 Å². The number of hydrogen-bond donors (Lipinski definition) is 1. The minimum absolute atomic E-state index is 0.100. The Morgan fingerprint density at radius 1 is 1.29 bits per heavy atom. The van der Waals surface area contributed by atoms with Crippen LogP contribution in [0.3, 0.4) is 0 Å². The fourth-order valence-corrected chi connectivity index (χ4v) is 3.57. The van der Waals surface area contributed by atoms with Crippen LogP contribution in [-0.2, 0) is 11.2 Å². The largest absolute Gasteiger partial charge is 0.496 e. The van der Waals surface area contributed by atoms with E-state index in [1.807, 2.05) is 35.0 Å². The lowest BCUT2D eigenvalue weighted by molar-refractivity contribution is -0.116. The zero-order valence-corrected chi connectivity index (χ0v) is 15.8. The first-order chi connectivity index (χ1) is 13.7. The van der Waals surface area contributed by atoms with Crippen LogP contribution in [0.5, 0.6) is 5.75 Å². The number of amides is 1. The SMILES string of the molecule is COc1ccccc1-c1noc(CCC(=O)Nc2ccnn2C2CCCC2)n1. The Balaban J connectivity index is 1.36. The summed E-state index contributed by atoms with van der Waals surface area (Å²) in [5, 5.41) is 11.3. The Morgan fingerprint density at radius 3 is 2.93 bits per heavy atom. The molecule has 28 heavy (non-hydrogen) atoms. The lowest BCUT2D eigenvalue weighted by Crippen LogP contribution is -2.18. The highest BCUT2D eigenvalue weighted by Crippen LogP contribution is 2.31. The van der Waals surface area contributed by atoms with Crippen LogP contribution in [0.1, 0.15) is 44.0 Å². The van der Waals surface area contributed by atoms with Gasteiger partial charge in [0.1, 0.15) is 11.6 Å². The van der Waals surface area contributed by atoms with Gasteiger partial charge in [0.05, 0.1) is 24.9 Å². The van der Waals surface area contributed by atoms with Crippen molar-refractivity contribution >= 4 is 11.7 Å². The van der Waals surface area contributed by atoms with Gasteiger partial charge in [0.25, 0.3) is 0 Å². The van der Waals surface area contributed by atoms with Gasteiger partial charge in [-0.3, -0.25) is 4.79 Å². The maximum atomic E-state index is 12.4. The van der Waals surface area contributed by atoms with Gasteiger partial charge in [-0.15, -0.1) is 0 Å². The van der Waals surface area contributed by atoms with Gasteiger partial charge in [0.2, 0.25) is 17.6 Å². The summed E-state index contributed by atoms with van der Waals surface area (Å²) < 4.78 is 12.5. The van der Waals surface area contributed by atoms with Crippen molar-refractivity contribution < 1.29 is 14.1 Å². The molecule has 1 N–H and O–H groups in total. The van der Waals surface area contributed by atoms with Gasteiger partial charge in [-0.05, 0) is 25.0 Å². The van der Waals surface area contributed by atoms with E-state index in [-0.39, 0.29) is 12.3 Å². The molecule has 1 amide bonds. The van der Waals surface area contributed by atoms with Gasteiger partial charge >= 0.3 is 0 Å². The maximum Gasteiger partial charge on any atom is 0.227 e. The predicted molar refractivity (Wildman–Crippen MR) is 103 cm³/mol. The highest BCUT2D eigenvalue weighted by atomic mass is 16.5. The van der Waals surface area contributed by atoms with E-state index in [4.69, 9.17) is 9.26 Å². The number of para-hydroxylation sites is 1. The monoisotopic (exact) mass is 381 g/mol. The average molecular weight is 381 g/mol. The Labute approximate surface area is 162 Å². The number of anilines is 1. The number of ether oxygens (including phenoxy) is 1. The minimum atomic E-state index is -0.100. The molecule has 0 saturated heterocycles. The van der Waals surface area contributed by atoms with E-state index in [0.29, 0.717) is 29.9 Å². The van der Waals surface area contributed by atoms with E-state index in [2.05, 4.69) is 20.6 Å². The number of methoxy groups -OCH3 is 1. The second kappa shape index (κ2) is 8.24. The van der Waals surface area contributed by atoms with Crippen molar-refractivity contribution in [2.45, 2.75) is 44.6 Å². The molecule has 146 valence electrons. The van der Waals surface area contributed by atoms with Crippen LogP contribution in [0.4, 0.5) is 5.82 Å². The summed E-state index contributed by atoms with van der Waals surface area (Å²) in [7, 11) is 1.60. The third kappa shape index (κ3) is 3.90. The lowest BCUT2D eigenvalue weighted by atomic mass is 10.2. The number of nitrogens with one attached hydrogen (secondary N) is 1. The molecule has 1 aliphatic rings. The summed E-state index contributed by atoms with van der Waals surface area (Å²) in [6.07, 6.45) is 6.99. The lowest BCUT2D eigenvalue weighted by Gasteiger charge is -2.14. The molecule has 1 fully saturated rings. The maximum absolute atomic E-state index is 12.4. The predicted octanol–water partition coefficient (Wildman–Crippen LogP) is 3.63. The van der Waals surface area contributed by atoms with Crippen LogP contribution in [0.25, 0.3) is 11.4 Å². The second-order valence-electron chi connectivity index (χ2n) is 6.86. The van der Waals surface area contributed by atoms with Crippen LogP contribution < -0.4 is 10.1 Å². The number of hydrogen-bond acceptors (Lipinski definition) is 6. The van der Waals surface area contributed by atoms with Crippen LogP contribution in [0, 0.1) is 0 Å². The molecular formula is C20H23N5O3. The van der Waals surface area contributed by atoms with Crippen molar-refractivity contribution in [1.29, 1.82) is 0 Å². The van der Waals surface area contributed by atoms with E-state index >= 15 is 0 Å². The quantitative estimate of drug-likeness (QED) is 0.671. The highest BCUT2D eigenvalue weighted by molar-refractivity contribution is 5.89. The first-order valence-electron chi connectivity index (χ1n) is 9.54. The molecule has 8 heteroatoms. The van der Waals surface area contributed by atoms with Crippen LogP contribution in [-0.4, -0.2) is 32.9 Å². The molecule has 1 aromatic carbocycles. The molecule has 0 atom stereocenters. The molecule has 0 bridgehead atoms. The molecule has 1 saturated carbocycles. The summed E-state index contributed by atoms with van der Waals surface area (Å²) in [5.41, 5.74) is 0.755. The summed E-state index contributed by atoms with van der Waals surface area (Å²) in [4.78, 5) is 16.7. The first-order valence-corrected chi connectivity index (χ1v) is 9.54. The minimum Gasteiger partial charge on any atom is -0.496 e. The molecule has 2 heterocycles. The van der Waals surface area contributed by atoms with Crippen LogP contribution in [0.15, 0.2) is 41.1 Å². The smallest absolute Gasteiger partial charge is 0.227 e. The highest BCUT2D eigenvalue weighted by Gasteiger charge is 2.21. The summed E-state index contributed by atoms with van der Waals surface area (Å²) >= 11 is 0. The van der Waals surface area contributed by atoms with Crippen molar-refractivity contribution in [3.05, 3.63) is 42.4 Å². The third-order valence-corrected chi connectivity index (χ3v) is 4.99. The Morgan fingerprint density at radius 2 is 2.11 bits per heavy atom. The van der Waals surface area contributed by atoms with Crippen molar-refractivity contribution in [3.63, 3.8) is 0 Å². The number of carbonyl (C=O) groups is 1. The number of carbonyl (C=O) groups excluding carboxylic acids is 1. The van der Waals surface area contributed by atoms with Gasteiger partial charge in [0, 0.05) is 18.9 Å². The van der Waals surface area contributed by atoms with Gasteiger partial charge in [-0.25, -0.2) is 4.68 Å². The molecule has 0 spiro atoms. The summed E-state index contributed by atoms with van der Waals surface area (Å²) in [6.45, 7) is 0. The fourth-order valence-electron chi connectivity index (χ4n) is 3.57. The normalized spacial score (nSPS) is 14.3. The van der Waals surface area contributed by atoms with E-state index in [9.17, 15) is 4.79 Å². The Kier molecular flexibility index (Phi) is 5.36. The zero-order chi connectivity index (χ0) is 19.3. The van der Waals surface area contributed by atoms with E-state index in [1.54, 1.807) is 13.3 Å². The van der Waals surface area contributed by atoms with Gasteiger partial charge in [0.15, 0.2) is 0 Å². The number of nitrogens with zero attached hydrogens (tertiary/aromatic N) is 4. The molecule has 0 radical (unpaired) electrons. The van der Waals surface area contributed by atoms with E-state index in [0.717, 1.165) is 24.2 Å². The molecule has 0 aliphatic heterocycles. The molecule has 4 rings (SSSR count). The van der Waals surface area contributed by atoms with Crippen molar-refractivity contribution in [1.82, 2.24) is 19.9 Å².